The maximum absolute atomic E-state index is 13.1. The number of rotatable bonds is 6. The molecule has 2 aromatic rings. The summed E-state index contributed by atoms with van der Waals surface area (Å²) in [7, 11) is 0. The topological polar surface area (TPSA) is 65.5 Å². The Hall–Kier alpha value is -3.10. The molecule has 172 valence electrons. The third-order valence-corrected chi connectivity index (χ3v) is 5.45. The van der Waals surface area contributed by atoms with Crippen LogP contribution < -0.4 is 10.2 Å². The number of pyridine rings is 1. The number of benzene rings is 1. The number of alkyl halides is 3. The van der Waals surface area contributed by atoms with Crippen LogP contribution in [0.2, 0.25) is 0 Å². The summed E-state index contributed by atoms with van der Waals surface area (Å²) in [5, 5.41) is 2.86. The zero-order valence-electron chi connectivity index (χ0n) is 18.1. The first-order valence-electron chi connectivity index (χ1n) is 10.6. The van der Waals surface area contributed by atoms with Gasteiger partial charge in [0.25, 0.3) is 0 Å². The van der Waals surface area contributed by atoms with Gasteiger partial charge in [0.1, 0.15) is 11.9 Å². The van der Waals surface area contributed by atoms with Crippen LogP contribution in [0.25, 0.3) is 0 Å². The SMILES string of the molecule is CC(C)[C@H](NC(=O)Cc1ccccc1)C(=O)N1CCN(c2ccc(C(F)(F)F)cn2)CC1. The van der Waals surface area contributed by atoms with Gasteiger partial charge in [0.15, 0.2) is 0 Å². The van der Waals surface area contributed by atoms with E-state index in [2.05, 4.69) is 10.3 Å². The van der Waals surface area contributed by atoms with Gasteiger partial charge in [-0.2, -0.15) is 13.2 Å². The Morgan fingerprint density at radius 2 is 1.69 bits per heavy atom. The predicted molar refractivity (Wildman–Crippen MR) is 115 cm³/mol. The molecule has 0 unspecified atom stereocenters. The van der Waals surface area contributed by atoms with E-state index in [1.165, 1.54) is 6.07 Å². The van der Waals surface area contributed by atoms with Crippen molar-refractivity contribution in [2.45, 2.75) is 32.5 Å². The lowest BCUT2D eigenvalue weighted by atomic mass is 10.0. The van der Waals surface area contributed by atoms with Crippen molar-refractivity contribution in [1.29, 1.82) is 0 Å². The fourth-order valence-corrected chi connectivity index (χ4v) is 3.61. The van der Waals surface area contributed by atoms with Gasteiger partial charge in [-0.25, -0.2) is 4.98 Å². The molecule has 6 nitrogen and oxygen atoms in total. The molecule has 2 amide bonds. The van der Waals surface area contributed by atoms with E-state index in [4.69, 9.17) is 0 Å². The number of carbonyl (C=O) groups is 2. The van der Waals surface area contributed by atoms with E-state index in [0.29, 0.717) is 32.0 Å². The van der Waals surface area contributed by atoms with Crippen LogP contribution in [0.5, 0.6) is 0 Å². The Bertz CT molecular complexity index is 909. The van der Waals surface area contributed by atoms with Crippen LogP contribution in [0, 0.1) is 5.92 Å². The van der Waals surface area contributed by atoms with Crippen molar-refractivity contribution in [2.24, 2.45) is 5.92 Å². The van der Waals surface area contributed by atoms with Gasteiger partial charge in [-0.1, -0.05) is 44.2 Å². The minimum Gasteiger partial charge on any atom is -0.353 e. The second-order valence-electron chi connectivity index (χ2n) is 8.17. The van der Waals surface area contributed by atoms with Crippen molar-refractivity contribution in [2.75, 3.05) is 31.1 Å². The molecule has 0 radical (unpaired) electrons. The van der Waals surface area contributed by atoms with Crippen LogP contribution in [0.4, 0.5) is 19.0 Å². The first-order valence-corrected chi connectivity index (χ1v) is 10.6. The highest BCUT2D eigenvalue weighted by atomic mass is 19.4. The monoisotopic (exact) mass is 448 g/mol. The van der Waals surface area contributed by atoms with Gasteiger partial charge in [0.2, 0.25) is 11.8 Å². The summed E-state index contributed by atoms with van der Waals surface area (Å²) in [6, 6.07) is 11.0. The van der Waals surface area contributed by atoms with E-state index >= 15 is 0 Å². The summed E-state index contributed by atoms with van der Waals surface area (Å²) >= 11 is 0. The number of hydrogen-bond acceptors (Lipinski definition) is 4. The molecular formula is C23H27F3N4O2. The van der Waals surface area contributed by atoms with Gasteiger partial charge in [0.05, 0.1) is 12.0 Å². The summed E-state index contributed by atoms with van der Waals surface area (Å²) < 4.78 is 38.2. The third-order valence-electron chi connectivity index (χ3n) is 5.45. The van der Waals surface area contributed by atoms with Gasteiger partial charge in [0, 0.05) is 32.4 Å². The fourth-order valence-electron chi connectivity index (χ4n) is 3.61. The van der Waals surface area contributed by atoms with Gasteiger partial charge in [-0.3, -0.25) is 9.59 Å². The highest BCUT2D eigenvalue weighted by molar-refractivity contribution is 5.88. The van der Waals surface area contributed by atoms with Crippen molar-refractivity contribution in [3.05, 3.63) is 59.8 Å². The highest BCUT2D eigenvalue weighted by Gasteiger charge is 2.32. The molecule has 1 saturated heterocycles. The van der Waals surface area contributed by atoms with E-state index in [-0.39, 0.29) is 24.2 Å². The zero-order chi connectivity index (χ0) is 23.3. The molecule has 3 rings (SSSR count). The van der Waals surface area contributed by atoms with Crippen LogP contribution in [0.3, 0.4) is 0 Å². The number of nitrogens with zero attached hydrogens (tertiary/aromatic N) is 3. The lowest BCUT2D eigenvalue weighted by Gasteiger charge is -2.37. The summed E-state index contributed by atoms with van der Waals surface area (Å²) in [5.74, 6) is -0.00390. The van der Waals surface area contributed by atoms with Crippen LogP contribution in [0.15, 0.2) is 48.7 Å². The molecule has 0 aliphatic carbocycles. The Labute approximate surface area is 185 Å². The second kappa shape index (κ2) is 10.0. The summed E-state index contributed by atoms with van der Waals surface area (Å²) in [6.45, 7) is 5.47. The number of anilines is 1. The maximum Gasteiger partial charge on any atom is 0.417 e. The van der Waals surface area contributed by atoms with Crippen molar-refractivity contribution in [1.82, 2.24) is 15.2 Å². The third kappa shape index (κ3) is 5.99. The lowest BCUT2D eigenvalue weighted by molar-refractivity contribution is -0.138. The molecule has 1 fully saturated rings. The first-order chi connectivity index (χ1) is 15.1. The second-order valence-corrected chi connectivity index (χ2v) is 8.17. The van der Waals surface area contributed by atoms with Gasteiger partial charge in [-0.05, 0) is 23.6 Å². The molecule has 2 heterocycles. The van der Waals surface area contributed by atoms with E-state index < -0.39 is 17.8 Å². The zero-order valence-corrected chi connectivity index (χ0v) is 18.1. The number of amides is 2. The number of nitrogens with one attached hydrogen (secondary N) is 1. The van der Waals surface area contributed by atoms with Gasteiger partial charge < -0.3 is 15.1 Å². The molecule has 1 atom stereocenters. The van der Waals surface area contributed by atoms with Crippen LogP contribution in [-0.4, -0.2) is 53.9 Å². The molecule has 1 aromatic heterocycles. The van der Waals surface area contributed by atoms with Crippen molar-refractivity contribution < 1.29 is 22.8 Å². The number of aromatic nitrogens is 1. The Balaban J connectivity index is 1.57. The summed E-state index contributed by atoms with van der Waals surface area (Å²) in [6.07, 6.45) is -3.40. The average Bonchev–Trinajstić information content (AvgIpc) is 2.77. The fraction of sp³-hybridized carbons (Fsp3) is 0.435. The maximum atomic E-state index is 13.1. The van der Waals surface area contributed by atoms with Crippen LogP contribution >= 0.6 is 0 Å². The quantitative estimate of drug-likeness (QED) is 0.738. The lowest BCUT2D eigenvalue weighted by Crippen LogP contribution is -2.56. The smallest absolute Gasteiger partial charge is 0.353 e. The van der Waals surface area contributed by atoms with E-state index in [1.54, 1.807) is 4.90 Å². The average molecular weight is 448 g/mol. The molecule has 1 aromatic carbocycles. The Kier molecular flexibility index (Phi) is 7.37. The van der Waals surface area contributed by atoms with Crippen LogP contribution in [0.1, 0.15) is 25.0 Å². The Morgan fingerprint density at radius 1 is 1.03 bits per heavy atom. The standard InChI is InChI=1S/C23H27F3N4O2/c1-16(2)21(28-20(31)14-17-6-4-3-5-7-17)22(32)30-12-10-29(11-13-30)19-9-8-18(15-27-19)23(24,25)26/h3-9,15-16,21H,10-14H2,1-2H3,(H,28,31)/t21-/m0/s1. The molecule has 0 saturated carbocycles. The van der Waals surface area contributed by atoms with Crippen molar-refractivity contribution in [3.63, 3.8) is 0 Å². The molecule has 1 aliphatic rings. The molecule has 9 heteroatoms. The highest BCUT2D eigenvalue weighted by Crippen LogP contribution is 2.29. The first kappa shape index (κ1) is 23.6. The molecule has 1 aliphatic heterocycles. The number of carbonyl (C=O) groups excluding carboxylic acids is 2. The van der Waals surface area contributed by atoms with Crippen molar-refractivity contribution in [3.8, 4) is 0 Å². The van der Waals surface area contributed by atoms with Crippen molar-refractivity contribution >= 4 is 17.6 Å². The van der Waals surface area contributed by atoms with E-state index in [1.807, 2.05) is 49.1 Å². The van der Waals surface area contributed by atoms with Gasteiger partial charge in [-0.15, -0.1) is 0 Å². The summed E-state index contributed by atoms with van der Waals surface area (Å²) in [5.41, 5.74) is 0.0821. The normalized spacial score (nSPS) is 15.6. The Morgan fingerprint density at radius 3 is 2.22 bits per heavy atom. The van der Waals surface area contributed by atoms with Crippen LogP contribution in [-0.2, 0) is 22.2 Å². The minimum atomic E-state index is -4.42. The van der Waals surface area contributed by atoms with E-state index in [9.17, 15) is 22.8 Å². The van der Waals surface area contributed by atoms with Gasteiger partial charge >= 0.3 is 6.18 Å². The number of piperazine rings is 1. The summed E-state index contributed by atoms with van der Waals surface area (Å²) in [4.78, 5) is 33.0. The molecular weight excluding hydrogens is 421 g/mol. The largest absolute Gasteiger partial charge is 0.417 e. The molecule has 0 bridgehead atoms. The van der Waals surface area contributed by atoms with E-state index in [0.717, 1.165) is 17.8 Å². The molecule has 32 heavy (non-hydrogen) atoms. The number of halogens is 3. The molecule has 1 N–H and O–H groups in total. The number of hydrogen-bond donors (Lipinski definition) is 1. The molecule has 0 spiro atoms. The predicted octanol–water partition coefficient (Wildman–Crippen LogP) is 3.13. The minimum absolute atomic E-state index is 0.0863.